The molecule has 1 amide bonds. The molecule has 0 fully saturated rings. The van der Waals surface area contributed by atoms with Crippen LogP contribution in [-0.2, 0) is 30.6 Å². The van der Waals surface area contributed by atoms with E-state index in [1.165, 1.54) is 16.6 Å². The van der Waals surface area contributed by atoms with Gasteiger partial charge in [-0.2, -0.15) is 0 Å². The van der Waals surface area contributed by atoms with E-state index in [-0.39, 0.29) is 17.2 Å². The van der Waals surface area contributed by atoms with Gasteiger partial charge in [-0.1, -0.05) is 48.0 Å². The van der Waals surface area contributed by atoms with Crippen molar-refractivity contribution in [2.45, 2.75) is 58.2 Å². The molecule has 11 heteroatoms. The van der Waals surface area contributed by atoms with Crippen LogP contribution in [0.5, 0.6) is 11.5 Å². The number of nitrogens with one attached hydrogen (secondary N) is 1. The van der Waals surface area contributed by atoms with Crippen LogP contribution in [0.15, 0.2) is 70.7 Å². The molecule has 0 saturated heterocycles. The molecule has 49 heavy (non-hydrogen) atoms. The van der Waals surface area contributed by atoms with E-state index in [0.717, 1.165) is 62.9 Å². The molecule has 2 aromatic carbocycles. The maximum atomic E-state index is 14.3. The maximum absolute atomic E-state index is 14.3. The van der Waals surface area contributed by atoms with Gasteiger partial charge in [-0.15, -0.1) is 11.3 Å². The number of methoxy groups -OCH3 is 2. The zero-order valence-electron chi connectivity index (χ0n) is 28.3. The number of thiophene rings is 1. The third kappa shape index (κ3) is 6.57. The molecule has 1 N–H and O–H groups in total. The number of aromatic nitrogens is 4. The number of rotatable bonds is 10. The Balaban J connectivity index is 1.20. The molecule has 7 rings (SSSR count). The van der Waals surface area contributed by atoms with Crippen molar-refractivity contribution in [3.63, 3.8) is 0 Å². The van der Waals surface area contributed by atoms with Gasteiger partial charge in [0.15, 0.2) is 16.7 Å². The molecule has 0 aliphatic heterocycles. The first kappa shape index (κ1) is 32.9. The van der Waals surface area contributed by atoms with E-state index in [9.17, 15) is 9.59 Å². The third-order valence-corrected chi connectivity index (χ3v) is 11.2. The van der Waals surface area contributed by atoms with E-state index in [0.29, 0.717) is 47.1 Å². The van der Waals surface area contributed by atoms with Crippen molar-refractivity contribution in [2.75, 3.05) is 25.3 Å². The van der Waals surface area contributed by atoms with Crippen LogP contribution < -0.4 is 20.3 Å². The molecule has 0 bridgehead atoms. The minimum absolute atomic E-state index is 0.0423. The highest BCUT2D eigenvalue weighted by Gasteiger charge is 2.25. The summed E-state index contributed by atoms with van der Waals surface area (Å²) in [6.07, 6.45) is 5.40. The summed E-state index contributed by atoms with van der Waals surface area (Å²) in [6, 6.07) is 17.8. The van der Waals surface area contributed by atoms with Crippen LogP contribution in [0.4, 0.5) is 5.82 Å². The Hall–Kier alpha value is -4.61. The number of ether oxygens (including phenoxy) is 2. The first-order valence-corrected chi connectivity index (χ1v) is 18.3. The number of amides is 1. The van der Waals surface area contributed by atoms with Crippen LogP contribution in [0.1, 0.15) is 40.5 Å². The van der Waals surface area contributed by atoms with Gasteiger partial charge in [0, 0.05) is 23.2 Å². The van der Waals surface area contributed by atoms with Crippen molar-refractivity contribution in [1.82, 2.24) is 18.9 Å². The quantitative estimate of drug-likeness (QED) is 0.117. The van der Waals surface area contributed by atoms with Gasteiger partial charge in [0.2, 0.25) is 5.91 Å². The van der Waals surface area contributed by atoms with Crippen LogP contribution in [0.25, 0.3) is 27.1 Å². The number of anilines is 1. The lowest BCUT2D eigenvalue weighted by Crippen LogP contribution is -2.26. The van der Waals surface area contributed by atoms with Crippen molar-refractivity contribution >= 4 is 50.7 Å². The molecule has 0 saturated carbocycles. The fraction of sp³-hybridized carbons (Fsp3) is 0.316. The summed E-state index contributed by atoms with van der Waals surface area (Å²) < 4.78 is 14.6. The van der Waals surface area contributed by atoms with Gasteiger partial charge in [0.1, 0.15) is 22.0 Å². The summed E-state index contributed by atoms with van der Waals surface area (Å²) >= 11 is 2.91. The molecule has 1 unspecified atom stereocenters. The van der Waals surface area contributed by atoms with Crippen LogP contribution in [0.3, 0.4) is 0 Å². The number of hydrogen-bond donors (Lipinski definition) is 1. The molecule has 4 heterocycles. The molecule has 9 nitrogen and oxygen atoms in total. The highest BCUT2D eigenvalue weighted by Crippen LogP contribution is 2.37. The second-order valence-electron chi connectivity index (χ2n) is 12.8. The van der Waals surface area contributed by atoms with Gasteiger partial charge in [-0.25, -0.2) is 9.97 Å². The molecule has 1 aliphatic carbocycles. The van der Waals surface area contributed by atoms with Gasteiger partial charge < -0.3 is 14.8 Å². The molecular weight excluding hydrogens is 655 g/mol. The highest BCUT2D eigenvalue weighted by atomic mass is 32.2. The number of nitrogens with zero attached hydrogens (tertiary/aromatic N) is 4. The average Bonchev–Trinajstić information content (AvgIpc) is 3.64. The summed E-state index contributed by atoms with van der Waals surface area (Å²) in [6.45, 7) is 6.78. The average molecular weight is 694 g/mol. The topological polar surface area (TPSA) is 99.8 Å². The Labute approximate surface area is 293 Å². The lowest BCUT2D eigenvalue weighted by molar-refractivity contribution is -0.113. The lowest BCUT2D eigenvalue weighted by atomic mass is 9.89. The second kappa shape index (κ2) is 13.7. The smallest absolute Gasteiger partial charge is 0.263 e. The maximum Gasteiger partial charge on any atom is 0.263 e. The predicted molar refractivity (Wildman–Crippen MR) is 198 cm³/mol. The minimum Gasteiger partial charge on any atom is -0.493 e. The lowest BCUT2D eigenvalue weighted by Gasteiger charge is -2.18. The summed E-state index contributed by atoms with van der Waals surface area (Å²) in [7, 11) is 3.22. The van der Waals surface area contributed by atoms with Crippen molar-refractivity contribution in [3.05, 3.63) is 98.3 Å². The normalized spacial score (nSPS) is 14.3. The van der Waals surface area contributed by atoms with Crippen molar-refractivity contribution in [2.24, 2.45) is 5.92 Å². The first-order chi connectivity index (χ1) is 23.7. The number of hydrogen-bond acceptors (Lipinski definition) is 8. The van der Waals surface area contributed by atoms with E-state index in [1.54, 1.807) is 30.1 Å². The largest absolute Gasteiger partial charge is 0.493 e. The number of pyridine rings is 1. The van der Waals surface area contributed by atoms with Gasteiger partial charge in [-0.3, -0.25) is 18.6 Å². The van der Waals surface area contributed by atoms with E-state index in [4.69, 9.17) is 19.4 Å². The van der Waals surface area contributed by atoms with Gasteiger partial charge in [0.05, 0.1) is 25.4 Å². The number of aryl methyl sites for hydroxylation is 4. The number of fused-ring (bicyclic) bond motifs is 4. The van der Waals surface area contributed by atoms with E-state index in [1.807, 2.05) is 47.0 Å². The Morgan fingerprint density at radius 3 is 2.61 bits per heavy atom. The van der Waals surface area contributed by atoms with Crippen LogP contribution in [0, 0.1) is 19.8 Å². The van der Waals surface area contributed by atoms with Gasteiger partial charge in [-0.05, 0) is 93.0 Å². The van der Waals surface area contributed by atoms with Gasteiger partial charge in [0.25, 0.3) is 5.56 Å². The minimum atomic E-state index is -0.207. The Bertz CT molecular complexity index is 2250. The Morgan fingerprint density at radius 2 is 1.84 bits per heavy atom. The Kier molecular flexibility index (Phi) is 9.21. The number of benzene rings is 2. The van der Waals surface area contributed by atoms with Crippen molar-refractivity contribution in [3.8, 4) is 22.8 Å². The predicted octanol–water partition coefficient (Wildman–Crippen LogP) is 7.51. The zero-order valence-corrected chi connectivity index (χ0v) is 30.0. The van der Waals surface area contributed by atoms with E-state index >= 15 is 0 Å². The summed E-state index contributed by atoms with van der Waals surface area (Å²) in [5, 5.41) is 4.41. The molecule has 252 valence electrons. The molecule has 4 aromatic heterocycles. The highest BCUT2D eigenvalue weighted by molar-refractivity contribution is 7.99. The van der Waals surface area contributed by atoms with Crippen molar-refractivity contribution in [1.29, 1.82) is 0 Å². The second-order valence-corrected chi connectivity index (χ2v) is 14.8. The molecule has 1 atom stereocenters. The number of thioether (sulfide) groups is 1. The molecular formula is C38H39N5O4S2. The third-order valence-electron chi connectivity index (χ3n) is 9.07. The van der Waals surface area contributed by atoms with E-state index < -0.39 is 0 Å². The van der Waals surface area contributed by atoms with Crippen LogP contribution in [-0.4, -0.2) is 44.8 Å². The number of carbonyl (C=O) groups is 1. The van der Waals surface area contributed by atoms with Crippen molar-refractivity contribution < 1.29 is 14.3 Å². The molecule has 0 spiro atoms. The standard InChI is InChI=1S/C38H39N5O4S2/c1-22-9-11-27-30(19-22)49-36-33(27)37(45)43(15-13-25-10-12-28(46-4)29(20-25)47-5)38(41-36)48-21-32(44)40-35-34(26-17-23(2)16-24(3)18-26)39-31-8-6-7-14-42(31)35/h6-8,10,12,14,16-18,20,22H,9,11,13,15,19,21H2,1-5H3,(H,40,44). The zero-order chi connectivity index (χ0) is 34.2. The summed E-state index contributed by atoms with van der Waals surface area (Å²) in [4.78, 5) is 39.9. The van der Waals surface area contributed by atoms with E-state index in [2.05, 4.69) is 44.3 Å². The number of imidazole rings is 1. The fourth-order valence-corrected chi connectivity index (χ4v) is 8.96. The number of carbonyl (C=O) groups excluding carboxylic acids is 1. The van der Waals surface area contributed by atoms with Crippen LogP contribution >= 0.6 is 23.1 Å². The first-order valence-electron chi connectivity index (χ1n) is 16.5. The molecule has 0 radical (unpaired) electrons. The molecule has 1 aliphatic rings. The Morgan fingerprint density at radius 1 is 1.04 bits per heavy atom. The van der Waals surface area contributed by atoms with Gasteiger partial charge >= 0.3 is 0 Å². The fourth-order valence-electron chi connectivity index (χ4n) is 6.72. The summed E-state index contributed by atoms with van der Waals surface area (Å²) in [5.74, 6) is 2.35. The SMILES string of the molecule is COc1ccc(CCn2c(SCC(=O)Nc3c(-c4cc(C)cc(C)c4)nc4ccccn34)nc3sc4c(c3c2=O)CCC(C)C4)cc1OC. The summed E-state index contributed by atoms with van der Waals surface area (Å²) in [5.41, 5.74) is 6.75. The monoisotopic (exact) mass is 693 g/mol. The molecule has 6 aromatic rings. The van der Waals surface area contributed by atoms with Crippen LogP contribution in [0.2, 0.25) is 0 Å².